The molecule has 3 N–H and O–H groups in total. The van der Waals surface area contributed by atoms with Crippen molar-refractivity contribution in [3.05, 3.63) is 33.3 Å². The van der Waals surface area contributed by atoms with Gasteiger partial charge in [-0.2, -0.15) is 0 Å². The van der Waals surface area contributed by atoms with E-state index in [1.54, 1.807) is 0 Å². The van der Waals surface area contributed by atoms with E-state index in [2.05, 4.69) is 15.9 Å². The highest BCUT2D eigenvalue weighted by Crippen LogP contribution is 2.36. The second-order valence-electron chi connectivity index (χ2n) is 4.30. The van der Waals surface area contributed by atoms with Gasteiger partial charge < -0.3 is 10.8 Å². The standard InChI is InChI=1S/C12H17BrClNO/c1-8(15)12(2,5-6-16)10-4-3-9(13)7-11(10)14/h3-4,7-8,16H,5-6,15H2,1-2H3. The molecule has 0 amide bonds. The molecule has 0 bridgehead atoms. The van der Waals surface area contributed by atoms with Gasteiger partial charge in [0.2, 0.25) is 0 Å². The molecule has 1 aromatic carbocycles. The van der Waals surface area contributed by atoms with Gasteiger partial charge in [-0.05, 0) is 31.0 Å². The first-order chi connectivity index (χ1) is 7.41. The number of nitrogens with two attached hydrogens (primary N) is 1. The van der Waals surface area contributed by atoms with Crippen LogP contribution in [0.4, 0.5) is 0 Å². The van der Waals surface area contributed by atoms with Crippen LogP contribution >= 0.6 is 27.5 Å². The average Bonchev–Trinajstić information content (AvgIpc) is 2.17. The van der Waals surface area contributed by atoms with Gasteiger partial charge in [0.25, 0.3) is 0 Å². The summed E-state index contributed by atoms with van der Waals surface area (Å²) < 4.78 is 0.942. The van der Waals surface area contributed by atoms with E-state index in [-0.39, 0.29) is 18.1 Å². The molecule has 1 aromatic rings. The Hall–Kier alpha value is -0.0900. The van der Waals surface area contributed by atoms with Crippen molar-refractivity contribution < 1.29 is 5.11 Å². The number of aliphatic hydroxyl groups is 1. The maximum absolute atomic E-state index is 9.15. The third kappa shape index (κ3) is 2.77. The van der Waals surface area contributed by atoms with Gasteiger partial charge in [-0.25, -0.2) is 0 Å². The number of halogens is 2. The topological polar surface area (TPSA) is 46.2 Å². The summed E-state index contributed by atoms with van der Waals surface area (Å²) in [6, 6.07) is 5.69. The predicted octanol–water partition coefficient (Wildman–Crippen LogP) is 3.09. The normalized spacial score (nSPS) is 16.9. The zero-order valence-corrected chi connectivity index (χ0v) is 11.8. The van der Waals surface area contributed by atoms with Crippen LogP contribution in [0.1, 0.15) is 25.8 Å². The molecular weight excluding hydrogens is 289 g/mol. The van der Waals surface area contributed by atoms with Gasteiger partial charge in [0, 0.05) is 27.6 Å². The van der Waals surface area contributed by atoms with Crippen molar-refractivity contribution in [2.75, 3.05) is 6.61 Å². The molecular formula is C12H17BrClNO. The Bertz CT molecular complexity index is 370. The summed E-state index contributed by atoms with van der Waals surface area (Å²) in [4.78, 5) is 0. The highest BCUT2D eigenvalue weighted by Gasteiger charge is 2.32. The highest BCUT2D eigenvalue weighted by molar-refractivity contribution is 9.10. The lowest BCUT2D eigenvalue weighted by Gasteiger charge is -2.34. The molecule has 16 heavy (non-hydrogen) atoms. The number of hydrogen-bond acceptors (Lipinski definition) is 2. The first-order valence-corrected chi connectivity index (χ1v) is 6.41. The summed E-state index contributed by atoms with van der Waals surface area (Å²) in [6.07, 6.45) is 0.603. The van der Waals surface area contributed by atoms with Crippen LogP contribution in [-0.4, -0.2) is 17.8 Å². The van der Waals surface area contributed by atoms with Crippen LogP contribution in [0.25, 0.3) is 0 Å². The van der Waals surface area contributed by atoms with E-state index in [4.69, 9.17) is 22.4 Å². The first kappa shape index (κ1) is 14.0. The Balaban J connectivity index is 3.21. The molecule has 0 aliphatic rings. The molecule has 0 heterocycles. The average molecular weight is 307 g/mol. The number of aliphatic hydroxyl groups excluding tert-OH is 1. The minimum Gasteiger partial charge on any atom is -0.396 e. The molecule has 2 unspecified atom stereocenters. The SMILES string of the molecule is CC(N)C(C)(CCO)c1ccc(Br)cc1Cl. The van der Waals surface area contributed by atoms with Gasteiger partial charge in [0.1, 0.15) is 0 Å². The van der Waals surface area contributed by atoms with Crippen LogP contribution in [0.3, 0.4) is 0 Å². The van der Waals surface area contributed by atoms with Crippen molar-refractivity contribution in [2.24, 2.45) is 5.73 Å². The summed E-state index contributed by atoms with van der Waals surface area (Å²) in [6.45, 7) is 4.07. The Morgan fingerprint density at radius 1 is 1.56 bits per heavy atom. The second-order valence-corrected chi connectivity index (χ2v) is 5.63. The van der Waals surface area contributed by atoms with Crippen molar-refractivity contribution in [3.8, 4) is 0 Å². The van der Waals surface area contributed by atoms with E-state index in [1.165, 1.54) is 0 Å². The first-order valence-electron chi connectivity index (χ1n) is 5.24. The van der Waals surface area contributed by atoms with Crippen LogP contribution in [0.5, 0.6) is 0 Å². The summed E-state index contributed by atoms with van der Waals surface area (Å²) in [5.74, 6) is 0. The van der Waals surface area contributed by atoms with Crippen molar-refractivity contribution in [1.82, 2.24) is 0 Å². The lowest BCUT2D eigenvalue weighted by atomic mass is 9.74. The molecule has 0 saturated heterocycles. The van der Waals surface area contributed by atoms with E-state index >= 15 is 0 Å². The Morgan fingerprint density at radius 2 is 2.19 bits per heavy atom. The van der Waals surface area contributed by atoms with E-state index in [0.29, 0.717) is 11.4 Å². The molecule has 90 valence electrons. The number of rotatable bonds is 4. The molecule has 0 fully saturated rings. The Labute approximate surface area is 110 Å². The van der Waals surface area contributed by atoms with Crippen molar-refractivity contribution in [1.29, 1.82) is 0 Å². The molecule has 0 spiro atoms. The van der Waals surface area contributed by atoms with Gasteiger partial charge >= 0.3 is 0 Å². The van der Waals surface area contributed by atoms with E-state index < -0.39 is 0 Å². The van der Waals surface area contributed by atoms with Crippen molar-refractivity contribution in [3.63, 3.8) is 0 Å². The van der Waals surface area contributed by atoms with Gasteiger partial charge in [0.15, 0.2) is 0 Å². The summed E-state index contributed by atoms with van der Waals surface area (Å²) in [5, 5.41) is 9.83. The van der Waals surface area contributed by atoms with Crippen molar-refractivity contribution >= 4 is 27.5 Å². The van der Waals surface area contributed by atoms with Gasteiger partial charge in [-0.1, -0.05) is 40.5 Å². The number of hydrogen-bond donors (Lipinski definition) is 2. The molecule has 0 radical (unpaired) electrons. The maximum Gasteiger partial charge on any atom is 0.0455 e. The zero-order valence-electron chi connectivity index (χ0n) is 9.50. The largest absolute Gasteiger partial charge is 0.396 e. The van der Waals surface area contributed by atoms with Gasteiger partial charge in [0.05, 0.1) is 0 Å². The van der Waals surface area contributed by atoms with Crippen LogP contribution in [0.2, 0.25) is 5.02 Å². The van der Waals surface area contributed by atoms with Crippen LogP contribution in [0, 0.1) is 0 Å². The van der Waals surface area contributed by atoms with Crippen LogP contribution < -0.4 is 5.73 Å². The maximum atomic E-state index is 9.15. The molecule has 2 nitrogen and oxygen atoms in total. The fraction of sp³-hybridized carbons (Fsp3) is 0.500. The lowest BCUT2D eigenvalue weighted by Crippen LogP contribution is -2.41. The fourth-order valence-corrected chi connectivity index (χ4v) is 2.68. The molecule has 2 atom stereocenters. The molecule has 0 aromatic heterocycles. The minimum atomic E-state index is -0.299. The Kier molecular flexibility index (Phi) is 4.80. The summed E-state index contributed by atoms with van der Waals surface area (Å²) >= 11 is 9.60. The third-order valence-electron chi connectivity index (χ3n) is 3.18. The molecule has 4 heteroatoms. The minimum absolute atomic E-state index is 0.0710. The summed E-state index contributed by atoms with van der Waals surface area (Å²) in [7, 11) is 0. The van der Waals surface area contributed by atoms with Crippen molar-refractivity contribution in [2.45, 2.75) is 31.7 Å². The van der Waals surface area contributed by atoms with Crippen LogP contribution in [-0.2, 0) is 5.41 Å². The third-order valence-corrected chi connectivity index (χ3v) is 3.99. The number of benzene rings is 1. The predicted molar refractivity (Wildman–Crippen MR) is 71.9 cm³/mol. The monoisotopic (exact) mass is 305 g/mol. The lowest BCUT2D eigenvalue weighted by molar-refractivity contribution is 0.229. The quantitative estimate of drug-likeness (QED) is 0.898. The van der Waals surface area contributed by atoms with Crippen LogP contribution in [0.15, 0.2) is 22.7 Å². The molecule has 0 aliphatic carbocycles. The highest BCUT2D eigenvalue weighted by atomic mass is 79.9. The Morgan fingerprint density at radius 3 is 2.62 bits per heavy atom. The van der Waals surface area contributed by atoms with E-state index in [1.807, 2.05) is 32.0 Å². The van der Waals surface area contributed by atoms with Gasteiger partial charge in [-0.3, -0.25) is 0 Å². The molecule has 1 rings (SSSR count). The second kappa shape index (κ2) is 5.50. The molecule has 0 saturated carbocycles. The summed E-state index contributed by atoms with van der Waals surface area (Å²) in [5.41, 5.74) is 6.70. The zero-order chi connectivity index (χ0) is 12.3. The van der Waals surface area contributed by atoms with E-state index in [9.17, 15) is 0 Å². The smallest absolute Gasteiger partial charge is 0.0455 e. The molecule has 0 aliphatic heterocycles. The van der Waals surface area contributed by atoms with Gasteiger partial charge in [-0.15, -0.1) is 0 Å². The van der Waals surface area contributed by atoms with E-state index in [0.717, 1.165) is 10.0 Å². The fourth-order valence-electron chi connectivity index (χ4n) is 1.79.